The van der Waals surface area contributed by atoms with Crippen molar-refractivity contribution in [1.82, 2.24) is 15.1 Å². The fraction of sp³-hybridized carbons (Fsp3) is 0.583. The average Bonchev–Trinajstić information content (AvgIpc) is 2.39. The summed E-state index contributed by atoms with van der Waals surface area (Å²) < 4.78 is 5.57. The lowest BCUT2D eigenvalue weighted by atomic mass is 10.1. The highest BCUT2D eigenvalue weighted by molar-refractivity contribution is 6.29. The number of aromatic nitrogens is 2. The maximum absolute atomic E-state index is 12.2. The number of piperidine rings is 1. The largest absolute Gasteiger partial charge is 0.377 e. The van der Waals surface area contributed by atoms with Crippen LogP contribution < -0.4 is 0 Å². The number of rotatable bonds is 3. The van der Waals surface area contributed by atoms with Crippen molar-refractivity contribution in [3.05, 3.63) is 23.0 Å². The van der Waals surface area contributed by atoms with Crippen LogP contribution in [-0.4, -0.2) is 46.8 Å². The van der Waals surface area contributed by atoms with Gasteiger partial charge in [0, 0.05) is 19.7 Å². The summed E-state index contributed by atoms with van der Waals surface area (Å²) in [6.07, 6.45) is 2.09. The molecule has 1 fully saturated rings. The lowest BCUT2D eigenvalue weighted by Gasteiger charge is -2.32. The first-order valence-corrected chi connectivity index (χ1v) is 6.48. The average molecular weight is 270 g/mol. The smallest absolute Gasteiger partial charge is 0.274 e. The number of halogens is 1. The van der Waals surface area contributed by atoms with E-state index in [2.05, 4.69) is 10.2 Å². The fourth-order valence-corrected chi connectivity index (χ4v) is 2.19. The first-order valence-electron chi connectivity index (χ1n) is 6.11. The fourth-order valence-electron chi connectivity index (χ4n) is 2.09. The van der Waals surface area contributed by atoms with Crippen molar-refractivity contribution >= 4 is 17.5 Å². The quantitative estimate of drug-likeness (QED) is 0.839. The minimum Gasteiger partial charge on any atom is -0.377 e. The molecule has 1 atom stereocenters. The van der Waals surface area contributed by atoms with Crippen molar-refractivity contribution in [1.29, 1.82) is 0 Å². The number of hydrogen-bond acceptors (Lipinski definition) is 4. The van der Waals surface area contributed by atoms with Crippen molar-refractivity contribution < 1.29 is 9.53 Å². The van der Waals surface area contributed by atoms with Crippen LogP contribution in [0.5, 0.6) is 0 Å². The van der Waals surface area contributed by atoms with Crippen LogP contribution in [0.4, 0.5) is 0 Å². The Kier molecular flexibility index (Phi) is 4.49. The van der Waals surface area contributed by atoms with E-state index in [1.165, 1.54) is 0 Å². The van der Waals surface area contributed by atoms with Crippen LogP contribution in [0, 0.1) is 0 Å². The van der Waals surface area contributed by atoms with E-state index in [1.807, 2.05) is 6.92 Å². The van der Waals surface area contributed by atoms with Gasteiger partial charge in [-0.3, -0.25) is 4.79 Å². The third-order valence-electron chi connectivity index (χ3n) is 2.92. The standard InChI is InChI=1S/C12H16ClN3O2/c1-2-18-9-4-3-7-16(8-9)12(17)10-5-6-11(13)15-14-10/h5-6,9H,2-4,7-8H2,1H3. The summed E-state index contributed by atoms with van der Waals surface area (Å²) >= 11 is 5.65. The summed E-state index contributed by atoms with van der Waals surface area (Å²) in [4.78, 5) is 14.0. The second-order valence-corrected chi connectivity index (χ2v) is 4.60. The van der Waals surface area contributed by atoms with Gasteiger partial charge in [0.1, 0.15) is 0 Å². The van der Waals surface area contributed by atoms with Crippen molar-refractivity contribution in [3.63, 3.8) is 0 Å². The summed E-state index contributed by atoms with van der Waals surface area (Å²) in [5.74, 6) is -0.108. The molecule has 1 aliphatic rings. The Labute approximate surface area is 111 Å². The lowest BCUT2D eigenvalue weighted by Crippen LogP contribution is -2.43. The number of carbonyl (C=O) groups excluding carboxylic acids is 1. The van der Waals surface area contributed by atoms with Gasteiger partial charge >= 0.3 is 0 Å². The van der Waals surface area contributed by atoms with Crippen LogP contribution in [-0.2, 0) is 4.74 Å². The summed E-state index contributed by atoms with van der Waals surface area (Å²) in [6.45, 7) is 4.00. The molecule has 1 aromatic rings. The monoisotopic (exact) mass is 269 g/mol. The predicted molar refractivity (Wildman–Crippen MR) is 67.6 cm³/mol. The van der Waals surface area contributed by atoms with Gasteiger partial charge in [-0.25, -0.2) is 0 Å². The molecule has 1 unspecified atom stereocenters. The van der Waals surface area contributed by atoms with Gasteiger partial charge < -0.3 is 9.64 Å². The van der Waals surface area contributed by atoms with E-state index in [4.69, 9.17) is 16.3 Å². The van der Waals surface area contributed by atoms with Crippen molar-refractivity contribution in [3.8, 4) is 0 Å². The van der Waals surface area contributed by atoms with Gasteiger partial charge in [-0.2, -0.15) is 0 Å². The molecular weight excluding hydrogens is 254 g/mol. The minimum absolute atomic E-state index is 0.108. The van der Waals surface area contributed by atoms with Crippen molar-refractivity contribution in [2.45, 2.75) is 25.9 Å². The summed E-state index contributed by atoms with van der Waals surface area (Å²) in [6, 6.07) is 3.17. The van der Waals surface area contributed by atoms with E-state index in [0.717, 1.165) is 19.4 Å². The third-order valence-corrected chi connectivity index (χ3v) is 3.12. The molecule has 0 radical (unpaired) electrons. The van der Waals surface area contributed by atoms with Crippen LogP contribution in [0.2, 0.25) is 5.15 Å². The second-order valence-electron chi connectivity index (χ2n) is 4.21. The molecule has 0 aromatic carbocycles. The molecular formula is C12H16ClN3O2. The highest BCUT2D eigenvalue weighted by Crippen LogP contribution is 2.15. The van der Waals surface area contributed by atoms with Gasteiger partial charge in [0.15, 0.2) is 10.8 Å². The summed E-state index contributed by atoms with van der Waals surface area (Å²) in [5.41, 5.74) is 0.330. The summed E-state index contributed by atoms with van der Waals surface area (Å²) in [5, 5.41) is 7.79. The number of amides is 1. The van der Waals surface area contributed by atoms with E-state index < -0.39 is 0 Å². The Hall–Kier alpha value is -1.20. The van der Waals surface area contributed by atoms with Crippen LogP contribution >= 0.6 is 11.6 Å². The predicted octanol–water partition coefficient (Wildman–Crippen LogP) is 1.77. The molecule has 6 heteroatoms. The molecule has 0 spiro atoms. The number of ether oxygens (including phenoxy) is 1. The molecule has 0 aliphatic carbocycles. The Morgan fingerprint density at radius 1 is 1.56 bits per heavy atom. The lowest BCUT2D eigenvalue weighted by molar-refractivity contribution is 0.00699. The van der Waals surface area contributed by atoms with E-state index in [1.54, 1.807) is 17.0 Å². The Morgan fingerprint density at radius 2 is 2.39 bits per heavy atom. The van der Waals surface area contributed by atoms with Gasteiger partial charge in [0.2, 0.25) is 0 Å². The molecule has 0 bridgehead atoms. The Balaban J connectivity index is 2.02. The van der Waals surface area contributed by atoms with Crippen LogP contribution in [0.3, 0.4) is 0 Å². The molecule has 0 N–H and O–H groups in total. The first kappa shape index (κ1) is 13.2. The van der Waals surface area contributed by atoms with E-state index in [9.17, 15) is 4.79 Å². The van der Waals surface area contributed by atoms with E-state index in [0.29, 0.717) is 18.8 Å². The SMILES string of the molecule is CCOC1CCCN(C(=O)c2ccc(Cl)nn2)C1. The van der Waals surface area contributed by atoms with Crippen molar-refractivity contribution in [2.24, 2.45) is 0 Å². The molecule has 2 heterocycles. The molecule has 1 amide bonds. The van der Waals surface area contributed by atoms with E-state index in [-0.39, 0.29) is 17.2 Å². The highest BCUT2D eigenvalue weighted by atomic mass is 35.5. The van der Waals surface area contributed by atoms with Gasteiger partial charge in [-0.05, 0) is 31.9 Å². The maximum atomic E-state index is 12.2. The number of carbonyl (C=O) groups is 1. The first-order chi connectivity index (χ1) is 8.70. The zero-order chi connectivity index (χ0) is 13.0. The Bertz CT molecular complexity index is 408. The Morgan fingerprint density at radius 3 is 3.06 bits per heavy atom. The minimum atomic E-state index is -0.108. The molecule has 98 valence electrons. The van der Waals surface area contributed by atoms with Gasteiger partial charge in [-0.1, -0.05) is 11.6 Å². The summed E-state index contributed by atoms with van der Waals surface area (Å²) in [7, 11) is 0. The van der Waals surface area contributed by atoms with Gasteiger partial charge in [-0.15, -0.1) is 10.2 Å². The number of likely N-dealkylation sites (tertiary alicyclic amines) is 1. The molecule has 1 saturated heterocycles. The van der Waals surface area contributed by atoms with Gasteiger partial charge in [0.25, 0.3) is 5.91 Å². The van der Waals surface area contributed by atoms with Crippen LogP contribution in [0.1, 0.15) is 30.3 Å². The molecule has 18 heavy (non-hydrogen) atoms. The normalized spacial score (nSPS) is 19.9. The highest BCUT2D eigenvalue weighted by Gasteiger charge is 2.25. The molecule has 1 aliphatic heterocycles. The molecule has 0 saturated carbocycles. The number of nitrogens with zero attached hydrogens (tertiary/aromatic N) is 3. The number of hydrogen-bond donors (Lipinski definition) is 0. The molecule has 2 rings (SSSR count). The zero-order valence-corrected chi connectivity index (χ0v) is 11.1. The molecule has 5 nitrogen and oxygen atoms in total. The second kappa shape index (κ2) is 6.11. The van der Waals surface area contributed by atoms with Crippen molar-refractivity contribution in [2.75, 3.05) is 19.7 Å². The van der Waals surface area contributed by atoms with Crippen LogP contribution in [0.15, 0.2) is 12.1 Å². The topological polar surface area (TPSA) is 55.3 Å². The molecule has 1 aromatic heterocycles. The van der Waals surface area contributed by atoms with Crippen LogP contribution in [0.25, 0.3) is 0 Å². The third kappa shape index (κ3) is 3.17. The van der Waals surface area contributed by atoms with Gasteiger partial charge in [0.05, 0.1) is 6.10 Å². The van der Waals surface area contributed by atoms with E-state index >= 15 is 0 Å². The maximum Gasteiger partial charge on any atom is 0.274 e. The zero-order valence-electron chi connectivity index (χ0n) is 10.3.